The molecule has 0 saturated carbocycles. The van der Waals surface area contributed by atoms with E-state index in [9.17, 15) is 0 Å². The summed E-state index contributed by atoms with van der Waals surface area (Å²) in [5.74, 6) is 0. The Bertz CT molecular complexity index is 155. The number of aliphatic hydroxyl groups is 5. The van der Waals surface area contributed by atoms with Crippen molar-refractivity contribution in [2.75, 3.05) is 39.6 Å². The summed E-state index contributed by atoms with van der Waals surface area (Å²) in [6.45, 7) is -1.23. The van der Waals surface area contributed by atoms with Gasteiger partial charge in [0, 0.05) is 0 Å². The zero-order valence-electron chi connectivity index (χ0n) is 9.03. The summed E-state index contributed by atoms with van der Waals surface area (Å²) in [6, 6.07) is 0. The van der Waals surface area contributed by atoms with Crippen molar-refractivity contribution in [3.63, 3.8) is 0 Å². The van der Waals surface area contributed by atoms with Crippen LogP contribution in [0.5, 0.6) is 0 Å². The molecule has 0 saturated heterocycles. The van der Waals surface area contributed by atoms with Crippen LogP contribution in [0, 0.1) is 0 Å². The van der Waals surface area contributed by atoms with Crippen molar-refractivity contribution in [3.05, 3.63) is 0 Å². The van der Waals surface area contributed by atoms with Crippen LogP contribution in [0.3, 0.4) is 0 Å². The van der Waals surface area contributed by atoms with E-state index in [1.165, 1.54) is 0 Å². The molecule has 0 radical (unpaired) electrons. The van der Waals surface area contributed by atoms with E-state index in [0.29, 0.717) is 0 Å². The van der Waals surface area contributed by atoms with Gasteiger partial charge in [-0.2, -0.15) is 0 Å². The highest BCUT2D eigenvalue weighted by Gasteiger charge is 2.12. The summed E-state index contributed by atoms with van der Waals surface area (Å²) in [6.07, 6.45) is -2.58. The minimum absolute atomic E-state index is 0.0334. The van der Waals surface area contributed by atoms with Gasteiger partial charge in [-0.05, 0) is 0 Å². The third-order valence-corrected chi connectivity index (χ3v) is 1.76. The van der Waals surface area contributed by atoms with E-state index in [0.717, 1.165) is 0 Å². The fraction of sp³-hybridized carbons (Fsp3) is 1.00. The molecule has 0 amide bonds. The summed E-state index contributed by atoms with van der Waals surface area (Å²) in [5.41, 5.74) is 0. The number of aliphatic hydroxyl groups excluding tert-OH is 5. The third kappa shape index (κ3) is 7.94. The van der Waals surface area contributed by atoms with Gasteiger partial charge in [0.15, 0.2) is 0 Å². The molecular formula is C9H20O7. The van der Waals surface area contributed by atoms with E-state index < -0.39 is 31.5 Å². The quantitative estimate of drug-likeness (QED) is 0.277. The molecule has 0 bridgehead atoms. The molecule has 0 aliphatic rings. The molecule has 0 aliphatic carbocycles. The molecule has 0 aromatic rings. The number of rotatable bonds is 10. The van der Waals surface area contributed by atoms with Crippen molar-refractivity contribution in [3.8, 4) is 0 Å². The van der Waals surface area contributed by atoms with E-state index >= 15 is 0 Å². The zero-order valence-corrected chi connectivity index (χ0v) is 9.03. The van der Waals surface area contributed by atoms with E-state index in [1.807, 2.05) is 0 Å². The maximum absolute atomic E-state index is 8.98. The van der Waals surface area contributed by atoms with Crippen LogP contribution in [-0.2, 0) is 9.47 Å². The first-order valence-corrected chi connectivity index (χ1v) is 5.02. The van der Waals surface area contributed by atoms with Crippen LogP contribution < -0.4 is 0 Å². The Kier molecular flexibility index (Phi) is 9.74. The first-order valence-electron chi connectivity index (χ1n) is 5.02. The maximum Gasteiger partial charge on any atom is 0.104 e. The van der Waals surface area contributed by atoms with Crippen LogP contribution in [0.4, 0.5) is 0 Å². The first-order chi connectivity index (χ1) is 7.63. The summed E-state index contributed by atoms with van der Waals surface area (Å²) >= 11 is 0. The average Bonchev–Trinajstić information content (AvgIpc) is 2.32. The molecule has 98 valence electrons. The summed E-state index contributed by atoms with van der Waals surface area (Å²) in [5, 5.41) is 43.8. The van der Waals surface area contributed by atoms with Gasteiger partial charge in [0.05, 0.1) is 39.6 Å². The summed E-state index contributed by atoms with van der Waals surface area (Å²) < 4.78 is 10.00. The second-order valence-electron chi connectivity index (χ2n) is 3.35. The van der Waals surface area contributed by atoms with Crippen molar-refractivity contribution < 1.29 is 35.0 Å². The van der Waals surface area contributed by atoms with Crippen molar-refractivity contribution >= 4 is 0 Å². The normalized spacial score (nSPS) is 17.1. The van der Waals surface area contributed by atoms with Gasteiger partial charge in [0.2, 0.25) is 0 Å². The summed E-state index contributed by atoms with van der Waals surface area (Å²) in [4.78, 5) is 0. The number of hydrogen-bond acceptors (Lipinski definition) is 7. The molecule has 0 heterocycles. The third-order valence-electron chi connectivity index (χ3n) is 1.76. The van der Waals surface area contributed by atoms with Gasteiger partial charge < -0.3 is 35.0 Å². The molecule has 0 aliphatic heterocycles. The standard InChI is InChI=1S/C9H20O7/c10-1-7(13)4-15-6-9(3-12)16-5-8(14)2-11/h7-14H,1-6H2. The van der Waals surface area contributed by atoms with Crippen LogP contribution in [0.2, 0.25) is 0 Å². The molecule has 0 fully saturated rings. The van der Waals surface area contributed by atoms with Crippen LogP contribution in [-0.4, -0.2) is 83.5 Å². The predicted molar refractivity (Wildman–Crippen MR) is 53.8 cm³/mol. The highest BCUT2D eigenvalue weighted by atomic mass is 16.5. The maximum atomic E-state index is 8.98. The Morgan fingerprint density at radius 2 is 1.31 bits per heavy atom. The van der Waals surface area contributed by atoms with E-state index in [2.05, 4.69) is 0 Å². The highest BCUT2D eigenvalue weighted by molar-refractivity contribution is 4.58. The predicted octanol–water partition coefficient (Wildman–Crippen LogP) is -2.91. The SMILES string of the molecule is OCC(O)COCC(CO)OCC(O)CO. The minimum Gasteiger partial charge on any atom is -0.394 e. The monoisotopic (exact) mass is 240 g/mol. The van der Waals surface area contributed by atoms with E-state index in [-0.39, 0.29) is 26.4 Å². The molecule has 0 aromatic heterocycles. The number of hydrogen-bond donors (Lipinski definition) is 5. The largest absolute Gasteiger partial charge is 0.394 e. The van der Waals surface area contributed by atoms with Crippen molar-refractivity contribution in [1.29, 1.82) is 0 Å². The van der Waals surface area contributed by atoms with Gasteiger partial charge >= 0.3 is 0 Å². The van der Waals surface area contributed by atoms with Crippen LogP contribution in [0.1, 0.15) is 0 Å². The minimum atomic E-state index is -0.989. The highest BCUT2D eigenvalue weighted by Crippen LogP contribution is 1.96. The number of ether oxygens (including phenoxy) is 2. The van der Waals surface area contributed by atoms with Gasteiger partial charge in [0.25, 0.3) is 0 Å². The second kappa shape index (κ2) is 9.91. The van der Waals surface area contributed by atoms with Crippen molar-refractivity contribution in [2.45, 2.75) is 18.3 Å². The molecule has 16 heavy (non-hydrogen) atoms. The van der Waals surface area contributed by atoms with Gasteiger partial charge in [-0.3, -0.25) is 0 Å². The fourth-order valence-electron chi connectivity index (χ4n) is 0.842. The Hall–Kier alpha value is -0.280. The molecule has 7 nitrogen and oxygen atoms in total. The smallest absolute Gasteiger partial charge is 0.104 e. The van der Waals surface area contributed by atoms with Crippen LogP contribution in [0.25, 0.3) is 0 Å². The lowest BCUT2D eigenvalue weighted by molar-refractivity contribution is -0.0876. The van der Waals surface area contributed by atoms with Gasteiger partial charge in [0.1, 0.15) is 18.3 Å². The molecule has 7 heteroatoms. The van der Waals surface area contributed by atoms with E-state index in [4.69, 9.17) is 35.0 Å². The van der Waals surface area contributed by atoms with Crippen LogP contribution >= 0.6 is 0 Å². The Labute approximate surface area is 93.9 Å². The molecule has 0 rings (SSSR count). The Balaban J connectivity index is 3.58. The zero-order chi connectivity index (χ0) is 12.4. The van der Waals surface area contributed by atoms with E-state index in [1.54, 1.807) is 0 Å². The molecule has 5 N–H and O–H groups in total. The lowest BCUT2D eigenvalue weighted by atomic mass is 10.3. The van der Waals surface area contributed by atoms with Gasteiger partial charge in [-0.1, -0.05) is 0 Å². The molecule has 0 spiro atoms. The van der Waals surface area contributed by atoms with Crippen molar-refractivity contribution in [2.24, 2.45) is 0 Å². The van der Waals surface area contributed by atoms with Crippen LogP contribution in [0.15, 0.2) is 0 Å². The van der Waals surface area contributed by atoms with Gasteiger partial charge in [-0.15, -0.1) is 0 Å². The average molecular weight is 240 g/mol. The molecule has 3 atom stereocenters. The molecular weight excluding hydrogens is 220 g/mol. The fourth-order valence-corrected chi connectivity index (χ4v) is 0.842. The first kappa shape index (κ1) is 15.7. The van der Waals surface area contributed by atoms with Crippen molar-refractivity contribution in [1.82, 2.24) is 0 Å². The lowest BCUT2D eigenvalue weighted by Crippen LogP contribution is -2.31. The Morgan fingerprint density at radius 1 is 0.750 bits per heavy atom. The molecule has 3 unspecified atom stereocenters. The topological polar surface area (TPSA) is 120 Å². The Morgan fingerprint density at radius 3 is 1.81 bits per heavy atom. The summed E-state index contributed by atoms with van der Waals surface area (Å²) in [7, 11) is 0. The molecule has 0 aromatic carbocycles. The lowest BCUT2D eigenvalue weighted by Gasteiger charge is -2.18. The second-order valence-corrected chi connectivity index (χ2v) is 3.35. The van der Waals surface area contributed by atoms with Gasteiger partial charge in [-0.25, -0.2) is 0 Å².